The molecule has 0 aromatic heterocycles. The van der Waals surface area contributed by atoms with Crippen LogP contribution in [0, 0.1) is 0 Å². The van der Waals surface area contributed by atoms with Crippen LogP contribution >= 0.6 is 23.2 Å². The number of hydrogen-bond acceptors (Lipinski definition) is 3. The van der Waals surface area contributed by atoms with Crippen LogP contribution in [0.3, 0.4) is 0 Å². The number of aliphatic imine (C=N–C) groups is 1. The van der Waals surface area contributed by atoms with Crippen molar-refractivity contribution in [2.75, 3.05) is 20.6 Å². The lowest BCUT2D eigenvalue weighted by molar-refractivity contribution is 0.307. The zero-order chi connectivity index (χ0) is 16.1. The quantitative estimate of drug-likeness (QED) is 0.820. The number of nitrogens with zero attached hydrogens (tertiary/aromatic N) is 2. The second-order valence-electron chi connectivity index (χ2n) is 5.21. The van der Waals surface area contributed by atoms with Crippen LogP contribution in [0.25, 0.3) is 0 Å². The van der Waals surface area contributed by atoms with Gasteiger partial charge in [-0.3, -0.25) is 4.99 Å². The summed E-state index contributed by atoms with van der Waals surface area (Å²) < 4.78 is 0. The number of benzene rings is 2. The number of rotatable bonds is 5. The predicted molar refractivity (Wildman–Crippen MR) is 93.5 cm³/mol. The Morgan fingerprint density at radius 2 is 1.86 bits per heavy atom. The standard InChI is InChI=1S/C17H18Cl2N2O/c1-21(2)16(12-6-4-3-5-7-12)11-20-10-13-8-14(18)9-15(19)17(13)22/h3-10,16,22H,11H2,1-2H3/t16-/m0/s1. The third kappa shape index (κ3) is 4.23. The Bertz CT molecular complexity index is 657. The highest BCUT2D eigenvalue weighted by Gasteiger charge is 2.13. The summed E-state index contributed by atoms with van der Waals surface area (Å²) in [6.07, 6.45) is 1.60. The maximum Gasteiger partial charge on any atom is 0.143 e. The van der Waals surface area contributed by atoms with Crippen molar-refractivity contribution in [3.63, 3.8) is 0 Å². The summed E-state index contributed by atoms with van der Waals surface area (Å²) in [6, 6.07) is 13.5. The molecule has 2 rings (SSSR count). The number of phenols is 1. The molecule has 3 nitrogen and oxygen atoms in total. The Kier molecular flexibility index (Phi) is 5.83. The summed E-state index contributed by atoms with van der Waals surface area (Å²) in [5.74, 6) is -0.00377. The van der Waals surface area contributed by atoms with E-state index in [4.69, 9.17) is 23.2 Å². The fraction of sp³-hybridized carbons (Fsp3) is 0.235. The van der Waals surface area contributed by atoms with E-state index < -0.39 is 0 Å². The third-order valence-electron chi connectivity index (χ3n) is 3.37. The van der Waals surface area contributed by atoms with Gasteiger partial charge in [-0.15, -0.1) is 0 Å². The Balaban J connectivity index is 2.17. The lowest BCUT2D eigenvalue weighted by Crippen LogP contribution is -2.22. The van der Waals surface area contributed by atoms with Crippen molar-refractivity contribution < 1.29 is 5.11 Å². The topological polar surface area (TPSA) is 35.8 Å². The van der Waals surface area contributed by atoms with Crippen LogP contribution in [0.5, 0.6) is 5.75 Å². The summed E-state index contributed by atoms with van der Waals surface area (Å²) >= 11 is 11.8. The van der Waals surface area contributed by atoms with Gasteiger partial charge < -0.3 is 10.0 Å². The summed E-state index contributed by atoms with van der Waals surface area (Å²) in [5.41, 5.74) is 1.71. The highest BCUT2D eigenvalue weighted by molar-refractivity contribution is 6.36. The molecule has 0 unspecified atom stereocenters. The van der Waals surface area contributed by atoms with Crippen molar-refractivity contribution >= 4 is 29.4 Å². The molecule has 1 atom stereocenters. The number of hydrogen-bond donors (Lipinski definition) is 1. The number of phenolic OH excluding ortho intramolecular Hbond substituents is 1. The van der Waals surface area contributed by atoms with Gasteiger partial charge in [0, 0.05) is 16.8 Å². The van der Waals surface area contributed by atoms with Gasteiger partial charge in [0.2, 0.25) is 0 Å². The van der Waals surface area contributed by atoms with E-state index in [1.165, 1.54) is 11.6 Å². The molecule has 2 aromatic carbocycles. The lowest BCUT2D eigenvalue weighted by atomic mass is 10.1. The Morgan fingerprint density at radius 3 is 2.50 bits per heavy atom. The summed E-state index contributed by atoms with van der Waals surface area (Å²) in [7, 11) is 4.03. The van der Waals surface area contributed by atoms with E-state index in [1.807, 2.05) is 32.3 Å². The fourth-order valence-corrected chi connectivity index (χ4v) is 2.69. The van der Waals surface area contributed by atoms with E-state index in [0.29, 0.717) is 17.1 Å². The summed E-state index contributed by atoms with van der Waals surface area (Å²) in [4.78, 5) is 6.55. The van der Waals surface area contributed by atoms with Gasteiger partial charge in [-0.2, -0.15) is 0 Å². The molecule has 116 valence electrons. The first-order valence-electron chi connectivity index (χ1n) is 6.88. The van der Waals surface area contributed by atoms with E-state index >= 15 is 0 Å². The normalized spacial score (nSPS) is 13.0. The van der Waals surface area contributed by atoms with E-state index in [0.717, 1.165) is 0 Å². The monoisotopic (exact) mass is 336 g/mol. The number of likely N-dealkylation sites (N-methyl/N-ethyl adjacent to an activating group) is 1. The predicted octanol–water partition coefficient (Wildman–Crippen LogP) is 4.42. The first kappa shape index (κ1) is 16.8. The number of halogens is 2. The second-order valence-corrected chi connectivity index (χ2v) is 6.05. The van der Waals surface area contributed by atoms with Crippen molar-refractivity contribution in [2.45, 2.75) is 6.04 Å². The van der Waals surface area contributed by atoms with E-state index in [2.05, 4.69) is 22.0 Å². The van der Waals surface area contributed by atoms with Crippen LogP contribution in [0.2, 0.25) is 10.0 Å². The minimum Gasteiger partial charge on any atom is -0.506 e. The van der Waals surface area contributed by atoms with Gasteiger partial charge >= 0.3 is 0 Å². The molecule has 1 N–H and O–H groups in total. The van der Waals surface area contributed by atoms with Crippen molar-refractivity contribution in [3.05, 3.63) is 63.6 Å². The molecule has 0 saturated carbocycles. The molecule has 0 heterocycles. The van der Waals surface area contributed by atoms with Gasteiger partial charge in [0.15, 0.2) is 0 Å². The van der Waals surface area contributed by atoms with Gasteiger partial charge in [-0.05, 0) is 31.8 Å². The zero-order valence-corrected chi connectivity index (χ0v) is 14.0. The molecule has 5 heteroatoms. The molecular weight excluding hydrogens is 319 g/mol. The molecule has 0 radical (unpaired) electrons. The summed E-state index contributed by atoms with van der Waals surface area (Å²) in [5, 5.41) is 10.6. The van der Waals surface area contributed by atoms with E-state index in [1.54, 1.807) is 12.3 Å². The molecule has 0 aliphatic rings. The Labute approximate surface area is 140 Å². The molecule has 0 saturated heterocycles. The SMILES string of the molecule is CN(C)[C@@H](CN=Cc1cc(Cl)cc(Cl)c1O)c1ccccc1. The van der Waals surface area contributed by atoms with Crippen LogP contribution in [-0.4, -0.2) is 36.9 Å². The zero-order valence-electron chi connectivity index (χ0n) is 12.5. The average molecular weight is 337 g/mol. The minimum atomic E-state index is -0.00377. The van der Waals surface area contributed by atoms with Crippen LogP contribution < -0.4 is 0 Å². The third-order valence-corrected chi connectivity index (χ3v) is 3.88. The summed E-state index contributed by atoms with van der Waals surface area (Å²) in [6.45, 7) is 0.570. The molecule has 0 aliphatic heterocycles. The fourth-order valence-electron chi connectivity index (χ4n) is 2.18. The maximum atomic E-state index is 9.92. The molecule has 0 fully saturated rings. The van der Waals surface area contributed by atoms with Crippen LogP contribution in [0.1, 0.15) is 17.2 Å². The van der Waals surface area contributed by atoms with Gasteiger partial charge in [0.25, 0.3) is 0 Å². The smallest absolute Gasteiger partial charge is 0.143 e. The second kappa shape index (κ2) is 7.63. The van der Waals surface area contributed by atoms with Crippen LogP contribution in [0.4, 0.5) is 0 Å². The average Bonchev–Trinajstić information content (AvgIpc) is 2.48. The van der Waals surface area contributed by atoms with Crippen molar-refractivity contribution in [1.82, 2.24) is 4.90 Å². The van der Waals surface area contributed by atoms with E-state index in [-0.39, 0.29) is 16.8 Å². The highest BCUT2D eigenvalue weighted by atomic mass is 35.5. The Morgan fingerprint density at radius 1 is 1.18 bits per heavy atom. The maximum absolute atomic E-state index is 9.92. The molecule has 22 heavy (non-hydrogen) atoms. The molecular formula is C17H18Cl2N2O. The minimum absolute atomic E-state index is 0.00377. The molecule has 2 aromatic rings. The number of aromatic hydroxyl groups is 1. The Hall–Kier alpha value is -1.55. The van der Waals surface area contributed by atoms with Gasteiger partial charge in [0.05, 0.1) is 17.6 Å². The van der Waals surface area contributed by atoms with Crippen LogP contribution in [0.15, 0.2) is 47.5 Å². The van der Waals surface area contributed by atoms with Gasteiger partial charge in [-0.1, -0.05) is 53.5 Å². The first-order chi connectivity index (χ1) is 10.5. The van der Waals surface area contributed by atoms with Gasteiger partial charge in [-0.25, -0.2) is 0 Å². The first-order valence-corrected chi connectivity index (χ1v) is 7.64. The van der Waals surface area contributed by atoms with Crippen molar-refractivity contribution in [1.29, 1.82) is 0 Å². The lowest BCUT2D eigenvalue weighted by Gasteiger charge is -2.22. The van der Waals surface area contributed by atoms with E-state index in [9.17, 15) is 5.11 Å². The van der Waals surface area contributed by atoms with Crippen molar-refractivity contribution in [2.24, 2.45) is 4.99 Å². The highest BCUT2D eigenvalue weighted by Crippen LogP contribution is 2.30. The largest absolute Gasteiger partial charge is 0.506 e. The molecule has 0 bridgehead atoms. The molecule has 0 amide bonds. The van der Waals surface area contributed by atoms with Crippen molar-refractivity contribution in [3.8, 4) is 5.75 Å². The molecule has 0 spiro atoms. The molecule has 0 aliphatic carbocycles. The van der Waals surface area contributed by atoms with Crippen LogP contribution in [-0.2, 0) is 0 Å². The van der Waals surface area contributed by atoms with Gasteiger partial charge in [0.1, 0.15) is 5.75 Å².